The van der Waals surface area contributed by atoms with Gasteiger partial charge in [0.15, 0.2) is 11.5 Å². The predicted molar refractivity (Wildman–Crippen MR) is 76.1 cm³/mol. The van der Waals surface area contributed by atoms with Crippen LogP contribution in [0.5, 0.6) is 0 Å². The molecular formula is C16H24O5. The molecule has 5 heteroatoms. The summed E-state index contributed by atoms with van der Waals surface area (Å²) in [6.07, 6.45) is 7.60. The summed E-state index contributed by atoms with van der Waals surface area (Å²) in [5.74, 6) is -2.68. The third kappa shape index (κ3) is 3.64. The molecule has 1 aliphatic carbocycles. The number of hydrogen-bond acceptors (Lipinski definition) is 5. The Morgan fingerprint density at radius 2 is 2.05 bits per heavy atom. The zero-order chi connectivity index (χ0) is 15.5. The summed E-state index contributed by atoms with van der Waals surface area (Å²) in [4.78, 5) is 23.6. The minimum atomic E-state index is -2.03. The molecule has 2 unspecified atom stereocenters. The maximum atomic E-state index is 12.0. The molecule has 2 rings (SSSR count). The Labute approximate surface area is 125 Å². The molecule has 1 fully saturated rings. The topological polar surface area (TPSA) is 72.8 Å². The van der Waals surface area contributed by atoms with Gasteiger partial charge in [-0.3, -0.25) is 4.79 Å². The van der Waals surface area contributed by atoms with Crippen LogP contribution in [0.4, 0.5) is 0 Å². The highest BCUT2D eigenvalue weighted by Gasteiger charge is 2.47. The zero-order valence-electron chi connectivity index (χ0n) is 12.8. The third-order valence-electron chi connectivity index (χ3n) is 4.35. The second kappa shape index (κ2) is 6.60. The number of rotatable bonds is 4. The van der Waals surface area contributed by atoms with Gasteiger partial charge in [-0.25, -0.2) is 4.79 Å². The molecule has 118 valence electrons. The fourth-order valence-electron chi connectivity index (χ4n) is 3.25. The van der Waals surface area contributed by atoms with Crippen molar-refractivity contribution in [3.63, 3.8) is 0 Å². The van der Waals surface area contributed by atoms with E-state index in [0.29, 0.717) is 5.92 Å². The Balaban J connectivity index is 2.21. The first kappa shape index (κ1) is 16.0. The fraction of sp³-hybridized carbons (Fsp3) is 0.750. The first-order chi connectivity index (χ1) is 9.96. The summed E-state index contributed by atoms with van der Waals surface area (Å²) in [5, 5.41) is 10.5. The second-order valence-corrected chi connectivity index (χ2v) is 5.96. The summed E-state index contributed by atoms with van der Waals surface area (Å²) < 4.78 is 10.2. The van der Waals surface area contributed by atoms with Gasteiger partial charge in [0, 0.05) is 13.3 Å². The van der Waals surface area contributed by atoms with Gasteiger partial charge < -0.3 is 14.6 Å². The molecule has 1 N–H and O–H groups in total. The standard InChI is InChI=1S/C16H24O5/c1-3-20-15(18)16(19)10-13(9-14(21-16)11(2)17)12-7-5-4-6-8-12/h9,12-13,19H,3-8,10H2,1-2H3. The minimum absolute atomic E-state index is 0.0210. The summed E-state index contributed by atoms with van der Waals surface area (Å²) in [7, 11) is 0. The van der Waals surface area contributed by atoms with Crippen LogP contribution in [0.2, 0.25) is 0 Å². The van der Waals surface area contributed by atoms with Crippen LogP contribution in [0.25, 0.3) is 0 Å². The van der Waals surface area contributed by atoms with Gasteiger partial charge in [-0.1, -0.05) is 19.3 Å². The van der Waals surface area contributed by atoms with Gasteiger partial charge in [-0.05, 0) is 37.7 Å². The van der Waals surface area contributed by atoms with Crippen LogP contribution in [0, 0.1) is 11.8 Å². The molecular weight excluding hydrogens is 272 g/mol. The van der Waals surface area contributed by atoms with E-state index in [2.05, 4.69) is 0 Å². The maximum Gasteiger partial charge on any atom is 0.379 e. The zero-order valence-corrected chi connectivity index (χ0v) is 12.8. The normalized spacial score (nSPS) is 30.2. The van der Waals surface area contributed by atoms with Gasteiger partial charge >= 0.3 is 11.8 Å². The van der Waals surface area contributed by atoms with Crippen LogP contribution in [-0.2, 0) is 19.1 Å². The third-order valence-corrected chi connectivity index (χ3v) is 4.35. The minimum Gasteiger partial charge on any atom is -0.461 e. The lowest BCUT2D eigenvalue weighted by Gasteiger charge is -2.38. The van der Waals surface area contributed by atoms with Gasteiger partial charge in [0.05, 0.1) is 6.61 Å². The highest BCUT2D eigenvalue weighted by Crippen LogP contribution is 2.40. The van der Waals surface area contributed by atoms with Crippen molar-refractivity contribution in [3.8, 4) is 0 Å². The van der Waals surface area contributed by atoms with Crippen LogP contribution in [0.1, 0.15) is 52.4 Å². The van der Waals surface area contributed by atoms with E-state index >= 15 is 0 Å². The maximum absolute atomic E-state index is 12.0. The Morgan fingerprint density at radius 1 is 1.38 bits per heavy atom. The average molecular weight is 296 g/mol. The van der Waals surface area contributed by atoms with Crippen LogP contribution in [0.15, 0.2) is 11.8 Å². The SMILES string of the molecule is CCOC(=O)C1(O)CC(C2CCCCC2)C=C(C(C)=O)O1. The van der Waals surface area contributed by atoms with Gasteiger partial charge in [0.1, 0.15) is 0 Å². The molecule has 0 aromatic carbocycles. The van der Waals surface area contributed by atoms with Crippen molar-refractivity contribution >= 4 is 11.8 Å². The van der Waals surface area contributed by atoms with Crippen LogP contribution < -0.4 is 0 Å². The number of ether oxygens (including phenoxy) is 2. The Morgan fingerprint density at radius 3 is 2.62 bits per heavy atom. The first-order valence-electron chi connectivity index (χ1n) is 7.77. The summed E-state index contributed by atoms with van der Waals surface area (Å²) >= 11 is 0. The van der Waals surface area contributed by atoms with E-state index in [1.807, 2.05) is 0 Å². The number of hydrogen-bond donors (Lipinski definition) is 1. The van der Waals surface area contributed by atoms with Gasteiger partial charge in [-0.15, -0.1) is 0 Å². The molecule has 0 spiro atoms. The molecule has 0 amide bonds. The molecule has 1 aliphatic heterocycles. The summed E-state index contributed by atoms with van der Waals surface area (Å²) in [5.41, 5.74) is 0. The van der Waals surface area contributed by atoms with Gasteiger partial charge in [-0.2, -0.15) is 0 Å². The van der Waals surface area contributed by atoms with Crippen molar-refractivity contribution in [1.29, 1.82) is 0 Å². The van der Waals surface area contributed by atoms with Crippen LogP contribution >= 0.6 is 0 Å². The fourth-order valence-corrected chi connectivity index (χ4v) is 3.25. The number of ketones is 1. The first-order valence-corrected chi connectivity index (χ1v) is 7.77. The summed E-state index contributed by atoms with van der Waals surface area (Å²) in [6.45, 7) is 3.21. The van der Waals surface area contributed by atoms with Crippen molar-refractivity contribution < 1.29 is 24.2 Å². The quantitative estimate of drug-likeness (QED) is 0.806. The number of carbonyl (C=O) groups excluding carboxylic acids is 2. The van der Waals surface area contributed by atoms with Crippen molar-refractivity contribution in [2.24, 2.45) is 11.8 Å². The molecule has 0 bridgehead atoms. The highest BCUT2D eigenvalue weighted by molar-refractivity contribution is 5.92. The van der Waals surface area contributed by atoms with Crippen molar-refractivity contribution in [1.82, 2.24) is 0 Å². The molecule has 1 heterocycles. The van der Waals surface area contributed by atoms with E-state index in [4.69, 9.17) is 9.47 Å². The molecule has 0 saturated heterocycles. The second-order valence-electron chi connectivity index (χ2n) is 5.96. The molecule has 5 nitrogen and oxygen atoms in total. The van der Waals surface area contributed by atoms with E-state index < -0.39 is 11.8 Å². The molecule has 2 atom stereocenters. The smallest absolute Gasteiger partial charge is 0.379 e. The average Bonchev–Trinajstić information content (AvgIpc) is 2.48. The van der Waals surface area contributed by atoms with Crippen molar-refractivity contribution in [3.05, 3.63) is 11.8 Å². The molecule has 2 aliphatic rings. The number of esters is 1. The van der Waals surface area contributed by atoms with Gasteiger partial charge in [0.2, 0.25) is 0 Å². The molecule has 0 aromatic heterocycles. The van der Waals surface area contributed by atoms with Crippen LogP contribution in [-0.4, -0.2) is 29.3 Å². The van der Waals surface area contributed by atoms with Crippen molar-refractivity contribution in [2.45, 2.75) is 58.2 Å². The van der Waals surface area contributed by atoms with E-state index in [-0.39, 0.29) is 30.5 Å². The number of aliphatic hydroxyl groups is 1. The molecule has 1 saturated carbocycles. The van der Waals surface area contributed by atoms with E-state index in [1.54, 1.807) is 13.0 Å². The molecule has 0 aromatic rings. The Bertz CT molecular complexity index is 436. The van der Waals surface area contributed by atoms with Gasteiger partial charge in [0.25, 0.3) is 0 Å². The van der Waals surface area contributed by atoms with Crippen molar-refractivity contribution in [2.75, 3.05) is 6.61 Å². The molecule has 0 radical (unpaired) electrons. The number of allylic oxidation sites excluding steroid dienone is 2. The van der Waals surface area contributed by atoms with Crippen LogP contribution in [0.3, 0.4) is 0 Å². The Kier molecular flexibility index (Phi) is 5.04. The lowest BCUT2D eigenvalue weighted by molar-refractivity contribution is -0.226. The van der Waals surface area contributed by atoms with E-state index in [1.165, 1.54) is 13.3 Å². The molecule has 21 heavy (non-hydrogen) atoms. The Hall–Kier alpha value is -1.36. The number of Topliss-reactive ketones (excluding diaryl/α,β-unsaturated/α-hetero) is 1. The number of carbonyl (C=O) groups is 2. The van der Waals surface area contributed by atoms with E-state index in [0.717, 1.165) is 25.7 Å². The lowest BCUT2D eigenvalue weighted by atomic mass is 9.76. The largest absolute Gasteiger partial charge is 0.461 e. The summed E-state index contributed by atoms with van der Waals surface area (Å²) in [6, 6.07) is 0. The monoisotopic (exact) mass is 296 g/mol. The lowest BCUT2D eigenvalue weighted by Crippen LogP contribution is -2.48. The predicted octanol–water partition coefficient (Wildman–Crippen LogP) is 2.33. The van der Waals surface area contributed by atoms with E-state index in [9.17, 15) is 14.7 Å². The highest BCUT2D eigenvalue weighted by atomic mass is 16.7.